The first-order chi connectivity index (χ1) is 21.9. The molecule has 2 aromatic carbocycles. The molecule has 2 atom stereocenters. The van der Waals surface area contributed by atoms with Crippen LogP contribution in [0.25, 0.3) is 0 Å². The molecule has 3 amide bonds. The summed E-state index contributed by atoms with van der Waals surface area (Å²) < 4.78 is 52.7. The summed E-state index contributed by atoms with van der Waals surface area (Å²) in [6, 6.07) is 10.5. The monoisotopic (exact) mass is 644 g/mol. The van der Waals surface area contributed by atoms with Crippen molar-refractivity contribution in [1.82, 2.24) is 19.6 Å². The van der Waals surface area contributed by atoms with E-state index in [2.05, 4.69) is 11.5 Å². The largest absolute Gasteiger partial charge is 0.416 e. The van der Waals surface area contributed by atoms with Gasteiger partial charge in [0.2, 0.25) is 5.91 Å². The zero-order valence-corrected chi connectivity index (χ0v) is 26.4. The molecule has 11 heteroatoms. The molecule has 0 spiro atoms. The number of likely N-dealkylation sites (tertiary alicyclic amines) is 2. The number of amides is 3. The first kappa shape index (κ1) is 33.9. The van der Waals surface area contributed by atoms with Gasteiger partial charge in [0.15, 0.2) is 0 Å². The molecule has 2 saturated heterocycles. The van der Waals surface area contributed by atoms with E-state index < -0.39 is 17.3 Å². The number of urea groups is 1. The van der Waals surface area contributed by atoms with Crippen molar-refractivity contribution >= 4 is 11.9 Å². The second-order valence-electron chi connectivity index (χ2n) is 13.1. The number of alkyl halides is 3. The van der Waals surface area contributed by atoms with Gasteiger partial charge in [0.05, 0.1) is 12.1 Å². The number of halogens is 4. The van der Waals surface area contributed by atoms with Gasteiger partial charge in [-0.25, -0.2) is 9.18 Å². The lowest BCUT2D eigenvalue weighted by Gasteiger charge is -2.41. The van der Waals surface area contributed by atoms with Crippen LogP contribution in [0.5, 0.6) is 0 Å². The van der Waals surface area contributed by atoms with Gasteiger partial charge in [-0.1, -0.05) is 43.2 Å². The lowest BCUT2D eigenvalue weighted by Crippen LogP contribution is -2.52. The van der Waals surface area contributed by atoms with Crippen LogP contribution in [0.3, 0.4) is 0 Å². The topological polar surface area (TPSA) is 67.3 Å². The number of hydrogen-bond donors (Lipinski definition) is 1. The average molecular weight is 645 g/mol. The van der Waals surface area contributed by atoms with Crippen LogP contribution in [0.1, 0.15) is 55.2 Å². The van der Waals surface area contributed by atoms with Crippen molar-refractivity contribution in [3.8, 4) is 0 Å². The zero-order valence-electron chi connectivity index (χ0n) is 26.4. The van der Waals surface area contributed by atoms with Crippen LogP contribution in [0.2, 0.25) is 0 Å². The van der Waals surface area contributed by atoms with E-state index in [0.29, 0.717) is 56.7 Å². The van der Waals surface area contributed by atoms with Gasteiger partial charge in [-0.05, 0) is 61.1 Å². The van der Waals surface area contributed by atoms with Crippen molar-refractivity contribution in [2.75, 3.05) is 46.3 Å². The number of rotatable bonds is 9. The van der Waals surface area contributed by atoms with Crippen molar-refractivity contribution in [2.45, 2.75) is 62.9 Å². The van der Waals surface area contributed by atoms with Gasteiger partial charge in [-0.15, -0.1) is 6.58 Å². The molecule has 0 radical (unpaired) electrons. The Labute approximate surface area is 268 Å². The van der Waals surface area contributed by atoms with E-state index in [4.69, 9.17) is 0 Å². The maximum atomic E-state index is 13.8. The van der Waals surface area contributed by atoms with Gasteiger partial charge >= 0.3 is 12.2 Å². The Morgan fingerprint density at radius 1 is 1.02 bits per heavy atom. The summed E-state index contributed by atoms with van der Waals surface area (Å²) in [5.41, 5.74) is -0.825. The van der Waals surface area contributed by atoms with E-state index in [9.17, 15) is 32.3 Å². The van der Waals surface area contributed by atoms with Gasteiger partial charge in [0.25, 0.3) is 0 Å². The van der Waals surface area contributed by atoms with Crippen molar-refractivity contribution < 1.29 is 32.3 Å². The third kappa shape index (κ3) is 7.57. The van der Waals surface area contributed by atoms with Crippen molar-refractivity contribution in [2.24, 2.45) is 11.8 Å². The maximum Gasteiger partial charge on any atom is 0.416 e. The van der Waals surface area contributed by atoms with E-state index >= 15 is 0 Å². The smallest absolute Gasteiger partial charge is 0.383 e. The van der Waals surface area contributed by atoms with Gasteiger partial charge in [-0.2, -0.15) is 13.2 Å². The predicted molar refractivity (Wildman–Crippen MR) is 167 cm³/mol. The highest BCUT2D eigenvalue weighted by atomic mass is 19.4. The Bertz CT molecular complexity index is 1360. The van der Waals surface area contributed by atoms with Crippen LogP contribution < -0.4 is 0 Å². The molecule has 250 valence electrons. The Morgan fingerprint density at radius 3 is 2.24 bits per heavy atom. The van der Waals surface area contributed by atoms with Crippen LogP contribution in [0.15, 0.2) is 61.2 Å². The van der Waals surface area contributed by atoms with Gasteiger partial charge < -0.3 is 24.7 Å². The quantitative estimate of drug-likeness (QED) is 0.274. The normalized spacial score (nSPS) is 23.1. The molecule has 3 fully saturated rings. The fourth-order valence-corrected chi connectivity index (χ4v) is 7.38. The molecule has 2 aromatic rings. The van der Waals surface area contributed by atoms with Crippen molar-refractivity contribution in [1.29, 1.82) is 0 Å². The van der Waals surface area contributed by atoms with E-state index in [-0.39, 0.29) is 48.7 Å². The molecule has 0 unspecified atom stereocenters. The van der Waals surface area contributed by atoms with E-state index in [1.807, 2.05) is 0 Å². The second kappa shape index (κ2) is 14.1. The predicted octanol–water partition coefficient (Wildman–Crippen LogP) is 5.89. The summed E-state index contributed by atoms with van der Waals surface area (Å²) in [4.78, 5) is 34.2. The summed E-state index contributed by atoms with van der Waals surface area (Å²) in [7, 11) is 1.64. The molecular formula is C35H44F4N4O3. The number of piperidine rings is 1. The average Bonchev–Trinajstić information content (AvgIpc) is 3.69. The molecule has 1 N–H and O–H groups in total. The Balaban J connectivity index is 1.22. The molecule has 7 nitrogen and oxygen atoms in total. The number of carbonyl (C=O) groups excluding carboxylic acids is 2. The Morgan fingerprint density at radius 2 is 1.65 bits per heavy atom. The number of hydrogen-bond acceptors (Lipinski definition) is 4. The zero-order chi connectivity index (χ0) is 33.1. The SMILES string of the molecule is C=CCN(C(=O)N(C)Cc1ccc(C(F)(F)F)cc1)C1CCN(C[C@H]2CN(C(=O)C3CCCC3)C[C@]2(O)c2ccc(F)cc2)CC1. The number of carbonyl (C=O) groups is 2. The van der Waals surface area contributed by atoms with Crippen LogP contribution in [-0.2, 0) is 23.1 Å². The fourth-order valence-electron chi connectivity index (χ4n) is 7.38. The molecule has 46 heavy (non-hydrogen) atoms. The highest BCUT2D eigenvalue weighted by Crippen LogP contribution is 2.40. The maximum absolute atomic E-state index is 13.8. The number of nitrogens with zero attached hydrogens (tertiary/aromatic N) is 4. The Hall–Kier alpha value is -3.44. The summed E-state index contributed by atoms with van der Waals surface area (Å²) in [5.74, 6) is -0.553. The third-order valence-electron chi connectivity index (χ3n) is 9.98. The molecule has 3 aliphatic rings. The summed E-state index contributed by atoms with van der Waals surface area (Å²) in [6.45, 7) is 6.86. The van der Waals surface area contributed by atoms with Gasteiger partial charge in [-0.3, -0.25) is 4.79 Å². The minimum atomic E-state index is -4.42. The first-order valence-corrected chi connectivity index (χ1v) is 16.2. The number of β-amino-alcohol motifs (C(OH)–C–C–N with tert-alkyl or cyclic N) is 1. The van der Waals surface area contributed by atoms with Crippen molar-refractivity contribution in [3.63, 3.8) is 0 Å². The standard InChI is InChI=1S/C35H44F4N4O3/c1-3-18-43(33(45)40(2)21-25-8-10-28(11-9-25)35(37,38)39)31-16-19-41(20-17-31)22-29-23-42(32(44)26-6-4-5-7-26)24-34(29,46)27-12-14-30(36)15-13-27/h3,8-15,26,29,31,46H,1,4-7,16-24H2,2H3/t29-,34-/m0/s1. The van der Waals surface area contributed by atoms with Crippen LogP contribution in [0.4, 0.5) is 22.4 Å². The second-order valence-corrected chi connectivity index (χ2v) is 13.1. The molecule has 0 bridgehead atoms. The minimum Gasteiger partial charge on any atom is -0.383 e. The highest BCUT2D eigenvalue weighted by molar-refractivity contribution is 5.79. The van der Waals surface area contributed by atoms with E-state index in [0.717, 1.165) is 37.8 Å². The molecular weight excluding hydrogens is 600 g/mol. The lowest BCUT2D eigenvalue weighted by atomic mass is 9.83. The molecule has 2 aliphatic heterocycles. The fraction of sp³-hybridized carbons (Fsp3) is 0.543. The highest BCUT2D eigenvalue weighted by Gasteiger charge is 2.49. The van der Waals surface area contributed by atoms with Gasteiger partial charge in [0, 0.05) is 64.2 Å². The summed E-state index contributed by atoms with van der Waals surface area (Å²) in [5, 5.41) is 12.1. The van der Waals surface area contributed by atoms with Gasteiger partial charge in [0.1, 0.15) is 11.4 Å². The Kier molecular flexibility index (Phi) is 10.4. The number of aliphatic hydroxyl groups is 1. The minimum absolute atomic E-state index is 0.00211. The lowest BCUT2D eigenvalue weighted by molar-refractivity contribution is -0.137. The van der Waals surface area contributed by atoms with Crippen molar-refractivity contribution in [3.05, 3.63) is 83.7 Å². The summed E-state index contributed by atoms with van der Waals surface area (Å²) in [6.07, 6.45) is 2.49. The molecule has 1 aliphatic carbocycles. The molecule has 1 saturated carbocycles. The summed E-state index contributed by atoms with van der Waals surface area (Å²) >= 11 is 0. The van der Waals surface area contributed by atoms with Crippen LogP contribution in [0, 0.1) is 17.7 Å². The first-order valence-electron chi connectivity index (χ1n) is 16.2. The third-order valence-corrected chi connectivity index (χ3v) is 9.98. The van der Waals surface area contributed by atoms with Crippen LogP contribution >= 0.6 is 0 Å². The van der Waals surface area contributed by atoms with E-state index in [1.165, 1.54) is 29.2 Å². The molecule has 0 aromatic heterocycles. The molecule has 5 rings (SSSR count). The molecule has 2 heterocycles. The van der Waals surface area contributed by atoms with E-state index in [1.54, 1.807) is 35.1 Å². The van der Waals surface area contributed by atoms with Crippen LogP contribution in [-0.4, -0.2) is 89.0 Å². The number of benzene rings is 2.